The highest BCUT2D eigenvalue weighted by atomic mass is 79.9. The number of hydrogen-bond donors (Lipinski definition) is 1. The molecule has 104 valence electrons. The molecule has 0 spiro atoms. The fourth-order valence-corrected chi connectivity index (χ4v) is 1.87. The van der Waals surface area contributed by atoms with Crippen molar-refractivity contribution in [3.8, 4) is 0 Å². The molecule has 5 nitrogen and oxygen atoms in total. The summed E-state index contributed by atoms with van der Waals surface area (Å²) in [6.07, 6.45) is -0.921. The molecule has 1 atom stereocenters. The molecule has 1 unspecified atom stereocenters. The lowest BCUT2D eigenvalue weighted by atomic mass is 10.1. The van der Waals surface area contributed by atoms with E-state index in [1.807, 2.05) is 12.1 Å². The third kappa shape index (κ3) is 5.08. The maximum atomic E-state index is 11.2. The minimum atomic E-state index is -0.738. The van der Waals surface area contributed by atoms with Gasteiger partial charge in [0.25, 0.3) is 0 Å². The largest absolute Gasteiger partial charge is 0.454 e. The summed E-state index contributed by atoms with van der Waals surface area (Å²) in [5.74, 6) is 0. The fourth-order valence-electron chi connectivity index (χ4n) is 1.41. The van der Waals surface area contributed by atoms with Gasteiger partial charge >= 0.3 is 11.5 Å². The Bertz CT molecular complexity index is 514. The van der Waals surface area contributed by atoms with Gasteiger partial charge in [-0.25, -0.2) is 9.59 Å². The second kappa shape index (κ2) is 7.35. The molecule has 0 bridgehead atoms. The summed E-state index contributed by atoms with van der Waals surface area (Å²) >= 11 is 8.01. The van der Waals surface area contributed by atoms with Crippen LogP contribution in [0.4, 0.5) is 15.3 Å². The van der Waals surface area contributed by atoms with E-state index in [0.29, 0.717) is 12.3 Å². The van der Waals surface area contributed by atoms with E-state index in [0.717, 1.165) is 15.3 Å². The van der Waals surface area contributed by atoms with Gasteiger partial charge in [-0.2, -0.15) is 0 Å². The van der Waals surface area contributed by atoms with Crippen molar-refractivity contribution < 1.29 is 20.5 Å². The monoisotopic (exact) mass is 350 g/mol. The smallest absolute Gasteiger partial charge is 0.412 e. The minimum Gasteiger partial charge on any atom is -0.454 e. The van der Waals surface area contributed by atoms with Crippen molar-refractivity contribution in [3.63, 3.8) is 0 Å². The molecule has 1 heterocycles. The van der Waals surface area contributed by atoms with Gasteiger partial charge in [0.05, 0.1) is 12.3 Å². The number of carbonyl (C=O) groups is 2. The van der Waals surface area contributed by atoms with E-state index < -0.39 is 11.5 Å². The standard InChI is InChI=1S/C9H8BrNO2.C3H5ClO2/c1-5-7-3-2-6(10)4-8(7)11-9(12)13-5;1-2-6-3(4)5/h2-5H,1H3,(H,11,12);2H2,1H3/i/hD. The number of amides is 1. The van der Waals surface area contributed by atoms with Crippen LogP contribution in [0.25, 0.3) is 0 Å². The molecule has 1 N–H and O–H groups in total. The van der Waals surface area contributed by atoms with Crippen LogP contribution in [0, 0.1) is 0 Å². The van der Waals surface area contributed by atoms with E-state index >= 15 is 0 Å². The Hall–Kier alpha value is -1.27. The molecule has 0 aliphatic carbocycles. The van der Waals surface area contributed by atoms with Crippen molar-refractivity contribution in [2.45, 2.75) is 20.0 Å². The van der Waals surface area contributed by atoms with Gasteiger partial charge in [-0.3, -0.25) is 5.31 Å². The Kier molecular flexibility index (Phi) is 5.47. The van der Waals surface area contributed by atoms with E-state index in [1.165, 1.54) is 0 Å². The predicted octanol–water partition coefficient (Wildman–Crippen LogP) is 4.45. The fraction of sp³-hybridized carbons (Fsp3) is 0.333. The number of cyclic esters (lactones) is 1. The molecule has 0 saturated heterocycles. The lowest BCUT2D eigenvalue weighted by Gasteiger charge is -2.23. The van der Waals surface area contributed by atoms with Crippen LogP contribution in [-0.4, -0.2) is 18.1 Å². The highest BCUT2D eigenvalue weighted by Crippen LogP contribution is 2.32. The molecular weight excluding hydrogens is 337 g/mol. The summed E-state index contributed by atoms with van der Waals surface area (Å²) in [6, 6.07) is 5.44. The lowest BCUT2D eigenvalue weighted by molar-refractivity contribution is 0.116. The van der Waals surface area contributed by atoms with Crippen LogP contribution in [0.15, 0.2) is 22.7 Å². The molecule has 19 heavy (non-hydrogen) atoms. The number of anilines is 1. The number of fused-ring (bicyclic) bond motifs is 1. The van der Waals surface area contributed by atoms with Gasteiger partial charge in [-0.1, -0.05) is 22.0 Å². The zero-order chi connectivity index (χ0) is 15.3. The number of nitrogens with one attached hydrogen (secondary N) is 1. The second-order valence-corrected chi connectivity index (χ2v) is 4.74. The zero-order valence-corrected chi connectivity index (χ0v) is 12.7. The number of rotatable bonds is 1. The van der Waals surface area contributed by atoms with Crippen molar-refractivity contribution >= 4 is 44.7 Å². The van der Waals surface area contributed by atoms with Crippen LogP contribution in [0.3, 0.4) is 0 Å². The van der Waals surface area contributed by atoms with Crippen LogP contribution in [-0.2, 0) is 9.47 Å². The van der Waals surface area contributed by atoms with Crippen molar-refractivity contribution in [2.24, 2.45) is 0 Å². The van der Waals surface area contributed by atoms with Crippen molar-refractivity contribution in [3.05, 3.63) is 28.2 Å². The van der Waals surface area contributed by atoms with Crippen LogP contribution < -0.4 is 5.31 Å². The second-order valence-electron chi connectivity index (χ2n) is 3.51. The molecule has 1 aromatic rings. The topological polar surface area (TPSA) is 64.6 Å². The Balaban J connectivity index is 0.000000286. The van der Waals surface area contributed by atoms with Gasteiger partial charge in [-0.15, -0.1) is 0 Å². The zero-order valence-electron chi connectivity index (χ0n) is 11.4. The Labute approximate surface area is 125 Å². The molecule has 2 rings (SSSR count). The first kappa shape index (κ1) is 14.1. The van der Waals surface area contributed by atoms with Gasteiger partial charge in [0.1, 0.15) is 6.10 Å². The summed E-state index contributed by atoms with van der Waals surface area (Å²) < 4.78 is 17.4. The molecule has 0 aromatic heterocycles. The average Bonchev–Trinajstić information content (AvgIpc) is 2.36. The maximum absolute atomic E-state index is 11.2. The number of hydrogen-bond acceptors (Lipinski definition) is 4. The summed E-state index contributed by atoms with van der Waals surface area (Å²) in [7, 11) is 0. The van der Waals surface area contributed by atoms with Crippen LogP contribution in [0.2, 0.25) is 1.41 Å². The van der Waals surface area contributed by atoms with Gasteiger partial charge in [0, 0.05) is 21.6 Å². The van der Waals surface area contributed by atoms with Crippen molar-refractivity contribution in [2.75, 3.05) is 11.9 Å². The van der Waals surface area contributed by atoms with Gasteiger partial charge in [0.2, 0.25) is 0 Å². The number of carbonyl (C=O) groups excluding carboxylic acids is 2. The quantitative estimate of drug-likeness (QED) is 0.759. The molecule has 1 aliphatic rings. The maximum Gasteiger partial charge on any atom is 0.412 e. The molecule has 1 aliphatic heterocycles. The number of halogens is 2. The van der Waals surface area contributed by atoms with E-state index in [9.17, 15) is 9.59 Å². The summed E-state index contributed by atoms with van der Waals surface area (Å²) in [6.45, 7) is 3.83. The Morgan fingerprint density at radius 1 is 1.68 bits per heavy atom. The number of benzene rings is 1. The summed E-state index contributed by atoms with van der Waals surface area (Å²) in [4.78, 5) is 20.8. The van der Waals surface area contributed by atoms with Crippen LogP contribution in [0.5, 0.6) is 0 Å². The summed E-state index contributed by atoms with van der Waals surface area (Å²) in [5.41, 5.74) is 0.684. The van der Waals surface area contributed by atoms with Crippen molar-refractivity contribution in [1.29, 1.82) is 0 Å². The first-order chi connectivity index (χ1) is 9.36. The molecule has 0 saturated carbocycles. The average molecular weight is 352 g/mol. The van der Waals surface area contributed by atoms with E-state index in [1.54, 1.807) is 19.9 Å². The predicted molar refractivity (Wildman–Crippen MR) is 75.5 cm³/mol. The molecule has 7 heteroatoms. The van der Waals surface area contributed by atoms with Gasteiger partial charge in [-0.05, 0) is 26.0 Å². The highest BCUT2D eigenvalue weighted by Gasteiger charge is 2.21. The minimum absolute atomic E-state index is 0.285. The molecule has 1 amide bonds. The molecular formula is C12H13BrClNO4. The SMILES string of the molecule is CCOC(=O)Cl.[2H]N1C(=O)OC(C)c2ccc(Br)cc21. The van der Waals surface area contributed by atoms with Crippen LogP contribution in [0.1, 0.15) is 25.5 Å². The first-order valence-electron chi connectivity index (χ1n) is 5.92. The molecule has 0 radical (unpaired) electrons. The number of ether oxygens (including phenoxy) is 2. The first-order valence-corrected chi connectivity index (χ1v) is 6.65. The Morgan fingerprint density at radius 3 is 2.89 bits per heavy atom. The van der Waals surface area contributed by atoms with E-state index in [4.69, 9.17) is 17.7 Å². The summed E-state index contributed by atoms with van der Waals surface area (Å²) in [5, 5.41) is 0.764. The third-order valence-corrected chi connectivity index (χ3v) is 2.78. The Morgan fingerprint density at radius 2 is 2.37 bits per heavy atom. The van der Waals surface area contributed by atoms with E-state index in [-0.39, 0.29) is 6.10 Å². The van der Waals surface area contributed by atoms with Crippen molar-refractivity contribution in [1.82, 2.24) is 0 Å². The third-order valence-electron chi connectivity index (χ3n) is 2.18. The van der Waals surface area contributed by atoms with Gasteiger partial charge < -0.3 is 9.47 Å². The highest BCUT2D eigenvalue weighted by molar-refractivity contribution is 9.10. The van der Waals surface area contributed by atoms with Gasteiger partial charge in [0.15, 0.2) is 1.41 Å². The van der Waals surface area contributed by atoms with E-state index in [2.05, 4.69) is 20.7 Å². The van der Waals surface area contributed by atoms with Crippen LogP contribution >= 0.6 is 27.5 Å². The molecule has 1 aromatic carbocycles. The molecule has 0 fully saturated rings. The lowest BCUT2D eigenvalue weighted by Crippen LogP contribution is -2.22. The normalized spacial score (nSPS) is 17.5.